The number of carboxylic acids is 1. The largest absolute Gasteiger partial charge is 0.481 e. The number of ether oxygens (including phenoxy) is 2. The van der Waals surface area contributed by atoms with E-state index in [1.165, 1.54) is 6.92 Å². The van der Waals surface area contributed by atoms with Gasteiger partial charge in [0.15, 0.2) is 5.96 Å². The van der Waals surface area contributed by atoms with Crippen LogP contribution in [0, 0.1) is 17.8 Å². The number of aliphatic carboxylic acids is 1. The molecule has 0 saturated heterocycles. The molecular formula is C21H38IN5O6. The van der Waals surface area contributed by atoms with Crippen LogP contribution in [0.3, 0.4) is 0 Å². The van der Waals surface area contributed by atoms with E-state index in [4.69, 9.17) is 20.9 Å². The molecule has 33 heavy (non-hydrogen) atoms. The first-order valence-electron chi connectivity index (χ1n) is 11.3. The van der Waals surface area contributed by atoms with Crippen LogP contribution in [-0.4, -0.2) is 77.8 Å². The highest BCUT2D eigenvalue weighted by Gasteiger charge is 2.52. The molecule has 11 nitrogen and oxygen atoms in total. The highest BCUT2D eigenvalue weighted by atomic mass is 127. The number of aliphatic imine (C=N–C) groups is 1. The number of carbonyl (C=O) groups excluding carboxylic acids is 2. The summed E-state index contributed by atoms with van der Waals surface area (Å²) in [5.74, 6) is -3.22. The summed E-state index contributed by atoms with van der Waals surface area (Å²) in [5.41, 5.74) is 11.3. The molecule has 2 amide bonds. The number of carboxylic acid groups (broad SMARTS) is 1. The summed E-state index contributed by atoms with van der Waals surface area (Å²) in [5, 5.41) is 15.5. The molecule has 12 heteroatoms. The minimum Gasteiger partial charge on any atom is -0.481 e. The van der Waals surface area contributed by atoms with Gasteiger partial charge >= 0.3 is 5.97 Å². The number of amides is 2. The number of carbonyl (C=O) groups is 3. The Morgan fingerprint density at radius 3 is 2.39 bits per heavy atom. The van der Waals surface area contributed by atoms with Gasteiger partial charge in [0, 0.05) is 29.9 Å². The van der Waals surface area contributed by atoms with E-state index in [-0.39, 0.29) is 36.7 Å². The summed E-state index contributed by atoms with van der Waals surface area (Å²) >= 11 is 2.20. The number of nitrogens with one attached hydrogen (secondary N) is 2. The van der Waals surface area contributed by atoms with E-state index in [1.54, 1.807) is 0 Å². The molecule has 7 N–H and O–H groups in total. The highest BCUT2D eigenvalue weighted by Crippen LogP contribution is 2.41. The molecule has 0 aromatic heterocycles. The zero-order valence-electron chi connectivity index (χ0n) is 19.6. The van der Waals surface area contributed by atoms with Gasteiger partial charge in [-0.3, -0.25) is 14.4 Å². The molecule has 1 saturated carbocycles. The first kappa shape index (κ1) is 29.4. The third-order valence-corrected chi connectivity index (χ3v) is 6.33. The Balaban J connectivity index is 3.12. The van der Waals surface area contributed by atoms with Crippen LogP contribution in [0.1, 0.15) is 40.0 Å². The van der Waals surface area contributed by atoms with Crippen molar-refractivity contribution in [1.82, 2.24) is 10.6 Å². The van der Waals surface area contributed by atoms with Crippen LogP contribution in [0.15, 0.2) is 4.99 Å². The number of halogens is 1. The van der Waals surface area contributed by atoms with E-state index in [0.29, 0.717) is 19.8 Å². The van der Waals surface area contributed by atoms with E-state index in [9.17, 15) is 19.5 Å². The minimum absolute atomic E-state index is 0.0538. The topological polar surface area (TPSA) is 178 Å². The molecule has 0 unspecified atom stereocenters. The summed E-state index contributed by atoms with van der Waals surface area (Å²) in [7, 11) is 0. The smallest absolute Gasteiger partial charge is 0.309 e. The number of hydrogen-bond donors (Lipinski definition) is 5. The van der Waals surface area contributed by atoms with Gasteiger partial charge in [-0.05, 0) is 12.3 Å². The van der Waals surface area contributed by atoms with Crippen LogP contribution in [0.25, 0.3) is 0 Å². The van der Waals surface area contributed by atoms with Crippen molar-refractivity contribution in [3.8, 4) is 0 Å². The third kappa shape index (κ3) is 9.61. The Bertz CT molecular complexity index is 672. The van der Waals surface area contributed by atoms with Crippen molar-refractivity contribution in [2.24, 2.45) is 34.2 Å². The second-order valence-corrected chi connectivity index (χ2v) is 9.19. The fourth-order valence-corrected chi connectivity index (χ4v) is 4.79. The maximum Gasteiger partial charge on any atom is 0.309 e. The maximum atomic E-state index is 12.3. The standard InChI is InChI=1S/C21H38IN5O6/c1-4-13(5-2)18(26-12(3)28)17-15(27-21(23)24)10-14(20(30)31)19(17)33-11-16(29)25-7-9-32-8-6-22/h13-15,17-19H,4-11H2,1-3H3,(H,25,29)(H,26,28)(H,30,31)(H4,23,24,27)/t14-,15+,17+,18+,19+/m0/s1. The van der Waals surface area contributed by atoms with Crippen LogP contribution in [0.2, 0.25) is 0 Å². The monoisotopic (exact) mass is 583 g/mol. The normalized spacial score (nSPS) is 23.2. The third-order valence-electron chi connectivity index (χ3n) is 5.89. The molecule has 0 bridgehead atoms. The summed E-state index contributed by atoms with van der Waals surface area (Å²) in [6, 6.07) is -0.979. The van der Waals surface area contributed by atoms with Gasteiger partial charge in [-0.1, -0.05) is 49.3 Å². The predicted octanol–water partition coefficient (Wildman–Crippen LogP) is 0.243. The van der Waals surface area contributed by atoms with Crippen molar-refractivity contribution >= 4 is 46.3 Å². The Morgan fingerprint density at radius 1 is 1.21 bits per heavy atom. The summed E-state index contributed by atoms with van der Waals surface area (Å²) in [6.07, 6.45) is 0.808. The number of alkyl halides is 1. The molecule has 1 fully saturated rings. The van der Waals surface area contributed by atoms with Gasteiger partial charge in [0.25, 0.3) is 0 Å². The Kier molecular flexibility index (Phi) is 13.6. The summed E-state index contributed by atoms with van der Waals surface area (Å²) in [6.45, 7) is 6.42. The highest BCUT2D eigenvalue weighted by molar-refractivity contribution is 14.1. The molecule has 0 radical (unpaired) electrons. The zero-order valence-corrected chi connectivity index (χ0v) is 21.7. The Morgan fingerprint density at radius 2 is 1.88 bits per heavy atom. The lowest BCUT2D eigenvalue weighted by Crippen LogP contribution is -2.52. The first-order chi connectivity index (χ1) is 15.7. The van der Waals surface area contributed by atoms with Gasteiger partial charge in [-0.2, -0.15) is 0 Å². The molecule has 0 aromatic rings. The van der Waals surface area contributed by atoms with E-state index in [1.807, 2.05) is 13.8 Å². The average molecular weight is 583 g/mol. The first-order valence-corrected chi connectivity index (χ1v) is 12.8. The van der Waals surface area contributed by atoms with Crippen molar-refractivity contribution < 1.29 is 29.0 Å². The van der Waals surface area contributed by atoms with Crippen LogP contribution in [0.4, 0.5) is 0 Å². The van der Waals surface area contributed by atoms with Crippen LogP contribution >= 0.6 is 22.6 Å². The second-order valence-electron chi connectivity index (χ2n) is 8.11. The fourth-order valence-electron chi connectivity index (χ4n) is 4.48. The van der Waals surface area contributed by atoms with Crippen molar-refractivity contribution in [2.75, 3.05) is 30.8 Å². The predicted molar refractivity (Wildman–Crippen MR) is 133 cm³/mol. The van der Waals surface area contributed by atoms with E-state index >= 15 is 0 Å². The van der Waals surface area contributed by atoms with Gasteiger partial charge in [0.1, 0.15) is 6.61 Å². The van der Waals surface area contributed by atoms with Crippen LogP contribution in [-0.2, 0) is 23.9 Å². The van der Waals surface area contributed by atoms with Crippen molar-refractivity contribution in [1.29, 1.82) is 0 Å². The molecule has 1 aliphatic carbocycles. The SMILES string of the molecule is CCC(CC)[C@@H](NC(C)=O)[C@@H]1[C@H](OCC(=O)NCCOCCI)[C@@H](C(=O)O)C[C@H]1N=C(N)N. The maximum absolute atomic E-state index is 12.3. The van der Waals surface area contributed by atoms with E-state index in [0.717, 1.165) is 17.3 Å². The van der Waals surface area contributed by atoms with Crippen molar-refractivity contribution in [3.63, 3.8) is 0 Å². The average Bonchev–Trinajstić information content (AvgIpc) is 3.09. The molecule has 0 heterocycles. The second kappa shape index (κ2) is 15.3. The van der Waals surface area contributed by atoms with E-state index in [2.05, 4.69) is 38.2 Å². The summed E-state index contributed by atoms with van der Waals surface area (Å²) < 4.78 is 12.1. The molecular weight excluding hydrogens is 545 g/mol. The van der Waals surface area contributed by atoms with Gasteiger partial charge in [0.2, 0.25) is 11.8 Å². The van der Waals surface area contributed by atoms with Gasteiger partial charge in [-0.25, -0.2) is 4.99 Å². The zero-order chi connectivity index (χ0) is 25.0. The van der Waals surface area contributed by atoms with Crippen molar-refractivity contribution in [2.45, 2.75) is 58.2 Å². The molecule has 0 aliphatic heterocycles. The number of nitrogens with zero attached hydrogens (tertiary/aromatic N) is 1. The molecule has 0 spiro atoms. The summed E-state index contributed by atoms with van der Waals surface area (Å²) in [4.78, 5) is 40.7. The number of rotatable bonds is 15. The molecule has 5 atom stereocenters. The van der Waals surface area contributed by atoms with Crippen molar-refractivity contribution in [3.05, 3.63) is 0 Å². The molecule has 190 valence electrons. The Labute approximate surface area is 208 Å². The van der Waals surface area contributed by atoms with Crippen LogP contribution in [0.5, 0.6) is 0 Å². The fraction of sp³-hybridized carbons (Fsp3) is 0.810. The lowest BCUT2D eigenvalue weighted by Gasteiger charge is -2.36. The molecule has 1 aliphatic rings. The molecule has 1 rings (SSSR count). The number of hydrogen-bond acceptors (Lipinski definition) is 6. The number of guanidine groups is 1. The van der Waals surface area contributed by atoms with Gasteiger partial charge in [-0.15, -0.1) is 0 Å². The van der Waals surface area contributed by atoms with E-state index < -0.39 is 36.0 Å². The quantitative estimate of drug-likeness (QED) is 0.0599. The van der Waals surface area contributed by atoms with Gasteiger partial charge in [0.05, 0.1) is 31.3 Å². The lowest BCUT2D eigenvalue weighted by atomic mass is 9.80. The molecule has 0 aromatic carbocycles. The lowest BCUT2D eigenvalue weighted by molar-refractivity contribution is -0.150. The number of nitrogens with two attached hydrogens (primary N) is 2. The van der Waals surface area contributed by atoms with Gasteiger partial charge < -0.3 is 36.7 Å². The Hall–Kier alpha value is -1.67. The minimum atomic E-state index is -1.06. The van der Waals surface area contributed by atoms with Crippen LogP contribution < -0.4 is 22.1 Å².